The number of sulfonamides is 1. The standard InChI is InChI=1S/C9H20N2O2S2/c1-10-4-2-9-15(12,13)11-5-3-7-14-8-6-11/h10H,2-9H2,1H3. The minimum absolute atomic E-state index is 0.276. The van der Waals surface area contributed by atoms with Crippen molar-refractivity contribution in [2.45, 2.75) is 12.8 Å². The highest BCUT2D eigenvalue weighted by molar-refractivity contribution is 7.99. The van der Waals surface area contributed by atoms with Crippen molar-refractivity contribution in [2.24, 2.45) is 0 Å². The van der Waals surface area contributed by atoms with Crippen LogP contribution in [-0.2, 0) is 10.0 Å². The molecule has 15 heavy (non-hydrogen) atoms. The number of hydrogen-bond acceptors (Lipinski definition) is 4. The average molecular weight is 252 g/mol. The summed E-state index contributed by atoms with van der Waals surface area (Å²) in [5.74, 6) is 2.30. The summed E-state index contributed by atoms with van der Waals surface area (Å²) in [5.41, 5.74) is 0. The van der Waals surface area contributed by atoms with Crippen LogP contribution in [-0.4, -0.2) is 56.7 Å². The third-order valence-corrected chi connectivity index (χ3v) is 5.41. The molecule has 0 spiro atoms. The van der Waals surface area contributed by atoms with Crippen LogP contribution in [0.3, 0.4) is 0 Å². The van der Waals surface area contributed by atoms with Crippen LogP contribution in [0.15, 0.2) is 0 Å². The average Bonchev–Trinajstić information content (AvgIpc) is 2.46. The van der Waals surface area contributed by atoms with Gasteiger partial charge in [-0.05, 0) is 32.2 Å². The summed E-state index contributed by atoms with van der Waals surface area (Å²) in [4.78, 5) is 0. The molecule has 6 heteroatoms. The van der Waals surface area contributed by atoms with E-state index >= 15 is 0 Å². The molecule has 0 saturated carbocycles. The van der Waals surface area contributed by atoms with Crippen molar-refractivity contribution in [1.82, 2.24) is 9.62 Å². The second kappa shape index (κ2) is 6.73. The van der Waals surface area contributed by atoms with Crippen molar-refractivity contribution in [1.29, 1.82) is 0 Å². The maximum atomic E-state index is 11.9. The fourth-order valence-electron chi connectivity index (χ4n) is 1.56. The number of nitrogens with one attached hydrogen (secondary N) is 1. The lowest BCUT2D eigenvalue weighted by Gasteiger charge is -2.19. The minimum atomic E-state index is -3.00. The third kappa shape index (κ3) is 4.72. The quantitative estimate of drug-likeness (QED) is 0.718. The summed E-state index contributed by atoms with van der Waals surface area (Å²) in [7, 11) is -1.16. The lowest BCUT2D eigenvalue weighted by molar-refractivity contribution is 0.433. The van der Waals surface area contributed by atoms with E-state index in [2.05, 4.69) is 5.32 Å². The van der Waals surface area contributed by atoms with Gasteiger partial charge >= 0.3 is 0 Å². The topological polar surface area (TPSA) is 49.4 Å². The molecule has 1 aliphatic heterocycles. The fraction of sp³-hybridized carbons (Fsp3) is 1.00. The van der Waals surface area contributed by atoms with E-state index in [1.54, 1.807) is 4.31 Å². The van der Waals surface area contributed by atoms with Crippen molar-refractivity contribution in [3.05, 3.63) is 0 Å². The van der Waals surface area contributed by atoms with Gasteiger partial charge in [-0.1, -0.05) is 0 Å². The third-order valence-electron chi connectivity index (χ3n) is 2.40. The van der Waals surface area contributed by atoms with Crippen LogP contribution >= 0.6 is 11.8 Å². The summed E-state index contributed by atoms with van der Waals surface area (Å²) in [6, 6.07) is 0. The van der Waals surface area contributed by atoms with Crippen LogP contribution < -0.4 is 5.32 Å². The number of hydrogen-bond donors (Lipinski definition) is 1. The number of thioether (sulfide) groups is 1. The Hall–Kier alpha value is 0.220. The predicted molar refractivity (Wildman–Crippen MR) is 65.8 cm³/mol. The molecule has 1 N–H and O–H groups in total. The van der Waals surface area contributed by atoms with Crippen molar-refractivity contribution in [2.75, 3.05) is 43.9 Å². The largest absolute Gasteiger partial charge is 0.320 e. The molecule has 0 radical (unpaired) electrons. The Labute approximate surface area is 96.8 Å². The number of rotatable bonds is 5. The van der Waals surface area contributed by atoms with E-state index in [1.807, 2.05) is 18.8 Å². The van der Waals surface area contributed by atoms with Crippen LogP contribution in [0.1, 0.15) is 12.8 Å². The van der Waals surface area contributed by atoms with E-state index in [0.717, 1.165) is 24.5 Å². The van der Waals surface area contributed by atoms with Gasteiger partial charge in [0, 0.05) is 18.8 Å². The van der Waals surface area contributed by atoms with Gasteiger partial charge in [0.25, 0.3) is 0 Å². The van der Waals surface area contributed by atoms with Crippen LogP contribution in [0.5, 0.6) is 0 Å². The summed E-state index contributed by atoms with van der Waals surface area (Å²) in [6.45, 7) is 2.16. The van der Waals surface area contributed by atoms with Crippen LogP contribution in [0.25, 0.3) is 0 Å². The Morgan fingerprint density at radius 1 is 1.33 bits per heavy atom. The molecule has 0 atom stereocenters. The first-order valence-corrected chi connectivity index (χ1v) is 8.13. The van der Waals surface area contributed by atoms with Crippen LogP contribution in [0, 0.1) is 0 Å². The first kappa shape index (κ1) is 13.3. The van der Waals surface area contributed by atoms with Gasteiger partial charge in [-0.25, -0.2) is 12.7 Å². The zero-order valence-corrected chi connectivity index (χ0v) is 10.9. The Bertz CT molecular complexity index is 259. The smallest absolute Gasteiger partial charge is 0.214 e. The van der Waals surface area contributed by atoms with Gasteiger partial charge in [0.2, 0.25) is 10.0 Å². The van der Waals surface area contributed by atoms with Crippen molar-refractivity contribution < 1.29 is 8.42 Å². The molecular weight excluding hydrogens is 232 g/mol. The molecule has 1 fully saturated rings. The van der Waals surface area contributed by atoms with Gasteiger partial charge in [-0.15, -0.1) is 0 Å². The first-order chi connectivity index (χ1) is 7.17. The van der Waals surface area contributed by atoms with Gasteiger partial charge in [0.15, 0.2) is 0 Å². The molecule has 0 aromatic rings. The van der Waals surface area contributed by atoms with E-state index in [1.165, 1.54) is 0 Å². The zero-order valence-electron chi connectivity index (χ0n) is 9.24. The van der Waals surface area contributed by atoms with Gasteiger partial charge in [-0.3, -0.25) is 0 Å². The molecule has 0 unspecified atom stereocenters. The van der Waals surface area contributed by atoms with Gasteiger partial charge in [0.1, 0.15) is 0 Å². The molecule has 1 rings (SSSR count). The molecule has 1 heterocycles. The monoisotopic (exact) mass is 252 g/mol. The lowest BCUT2D eigenvalue weighted by atomic mass is 10.5. The molecular formula is C9H20N2O2S2. The van der Waals surface area contributed by atoms with E-state index in [4.69, 9.17) is 0 Å². The second-order valence-corrected chi connectivity index (χ2v) is 6.95. The molecule has 0 aromatic carbocycles. The van der Waals surface area contributed by atoms with Crippen molar-refractivity contribution in [3.63, 3.8) is 0 Å². The van der Waals surface area contributed by atoms with Crippen molar-refractivity contribution >= 4 is 21.8 Å². The molecule has 0 amide bonds. The highest BCUT2D eigenvalue weighted by atomic mass is 32.2. The second-order valence-electron chi connectivity index (χ2n) is 3.64. The SMILES string of the molecule is CNCCCS(=O)(=O)N1CCCSCC1. The van der Waals surface area contributed by atoms with Gasteiger partial charge in [0.05, 0.1) is 5.75 Å². The van der Waals surface area contributed by atoms with Crippen LogP contribution in [0.4, 0.5) is 0 Å². The van der Waals surface area contributed by atoms with Gasteiger partial charge < -0.3 is 5.32 Å². The maximum Gasteiger partial charge on any atom is 0.214 e. The Morgan fingerprint density at radius 3 is 2.87 bits per heavy atom. The summed E-state index contributed by atoms with van der Waals surface area (Å²) < 4.78 is 25.5. The lowest BCUT2D eigenvalue weighted by Crippen LogP contribution is -2.35. The molecule has 0 aromatic heterocycles. The van der Waals surface area contributed by atoms with E-state index in [9.17, 15) is 8.42 Å². The summed E-state index contributed by atoms with van der Waals surface area (Å²) >= 11 is 1.85. The highest BCUT2D eigenvalue weighted by Crippen LogP contribution is 2.13. The molecule has 4 nitrogen and oxygen atoms in total. The molecule has 1 saturated heterocycles. The minimum Gasteiger partial charge on any atom is -0.320 e. The Kier molecular flexibility index (Phi) is 5.96. The zero-order chi connectivity index (χ0) is 11.1. The predicted octanol–water partition coefficient (Wildman–Crippen LogP) is 0.365. The fourth-order valence-corrected chi connectivity index (χ4v) is 4.11. The van der Waals surface area contributed by atoms with Gasteiger partial charge in [-0.2, -0.15) is 11.8 Å². The first-order valence-electron chi connectivity index (χ1n) is 5.37. The molecule has 0 bridgehead atoms. The molecule has 90 valence electrons. The van der Waals surface area contributed by atoms with Crippen molar-refractivity contribution in [3.8, 4) is 0 Å². The summed E-state index contributed by atoms with van der Waals surface area (Å²) in [6.07, 6.45) is 1.68. The normalized spacial score (nSPS) is 20.1. The summed E-state index contributed by atoms with van der Waals surface area (Å²) in [5, 5.41) is 2.97. The molecule has 1 aliphatic rings. The number of nitrogens with zero attached hydrogens (tertiary/aromatic N) is 1. The Balaban J connectivity index is 2.43. The molecule has 0 aliphatic carbocycles. The van der Waals surface area contributed by atoms with E-state index in [-0.39, 0.29) is 5.75 Å². The van der Waals surface area contributed by atoms with E-state index < -0.39 is 10.0 Å². The van der Waals surface area contributed by atoms with E-state index in [0.29, 0.717) is 19.5 Å². The maximum absolute atomic E-state index is 11.9. The highest BCUT2D eigenvalue weighted by Gasteiger charge is 2.22. The Morgan fingerprint density at radius 2 is 2.13 bits per heavy atom. The van der Waals surface area contributed by atoms with Crippen LogP contribution in [0.2, 0.25) is 0 Å².